The van der Waals surface area contributed by atoms with Gasteiger partial charge in [-0.05, 0) is 42.4 Å². The Morgan fingerprint density at radius 3 is 2.03 bits per heavy atom. The average Bonchev–Trinajstić information content (AvgIpc) is 2.76. The van der Waals surface area contributed by atoms with E-state index in [2.05, 4.69) is 11.7 Å². The summed E-state index contributed by atoms with van der Waals surface area (Å²) in [4.78, 5) is 11.3. The quantitative estimate of drug-likeness (QED) is 0.132. The molecule has 2 rings (SSSR count). The molecular formula is C24H30F8O2. The van der Waals surface area contributed by atoms with Crippen LogP contribution in [0.5, 0.6) is 5.75 Å². The van der Waals surface area contributed by atoms with Crippen molar-refractivity contribution in [3.63, 3.8) is 0 Å². The summed E-state index contributed by atoms with van der Waals surface area (Å²) in [6.45, 7) is 2.18. The lowest BCUT2D eigenvalue weighted by Gasteiger charge is -2.28. The van der Waals surface area contributed by atoms with Crippen molar-refractivity contribution in [1.82, 2.24) is 0 Å². The molecule has 1 fully saturated rings. The molecule has 0 spiro atoms. The fourth-order valence-electron chi connectivity index (χ4n) is 4.29. The van der Waals surface area contributed by atoms with Gasteiger partial charge in [0.2, 0.25) is 0 Å². The lowest BCUT2D eigenvalue weighted by atomic mass is 9.78. The number of esters is 1. The Hall–Kier alpha value is -1.87. The Balaban J connectivity index is 1.86. The van der Waals surface area contributed by atoms with Gasteiger partial charge in [0.15, 0.2) is 11.6 Å². The molecule has 0 saturated heterocycles. The molecule has 0 amide bonds. The van der Waals surface area contributed by atoms with Crippen LogP contribution in [0.4, 0.5) is 35.1 Å². The first-order valence-electron chi connectivity index (χ1n) is 11.6. The summed E-state index contributed by atoms with van der Waals surface area (Å²) in [6, 6.07) is 2.95. The minimum absolute atomic E-state index is 0.468. The molecule has 34 heavy (non-hydrogen) atoms. The summed E-state index contributed by atoms with van der Waals surface area (Å²) in [6.07, 6.45) is 5.21. The van der Waals surface area contributed by atoms with E-state index in [9.17, 15) is 39.9 Å². The molecule has 0 radical (unpaired) electrons. The predicted molar refractivity (Wildman–Crippen MR) is 111 cm³/mol. The van der Waals surface area contributed by atoms with Crippen molar-refractivity contribution in [3.8, 4) is 5.75 Å². The molecule has 0 N–H and O–H groups in total. The van der Waals surface area contributed by atoms with Crippen LogP contribution in [0.1, 0.15) is 76.7 Å². The van der Waals surface area contributed by atoms with E-state index in [4.69, 9.17) is 0 Å². The van der Waals surface area contributed by atoms with Crippen molar-refractivity contribution in [3.05, 3.63) is 29.6 Å². The molecule has 194 valence electrons. The van der Waals surface area contributed by atoms with Crippen LogP contribution in [0.15, 0.2) is 18.2 Å². The van der Waals surface area contributed by atoms with E-state index in [1.54, 1.807) is 0 Å². The number of hydrogen-bond donors (Lipinski definition) is 0. The van der Waals surface area contributed by atoms with Gasteiger partial charge in [-0.3, -0.25) is 0 Å². The molecule has 1 saturated carbocycles. The maximum absolute atomic E-state index is 14.2. The van der Waals surface area contributed by atoms with Crippen molar-refractivity contribution in [2.24, 2.45) is 11.8 Å². The molecule has 10 heteroatoms. The Bertz CT molecular complexity index is 799. The van der Waals surface area contributed by atoms with Gasteiger partial charge in [0.25, 0.3) is 0 Å². The maximum atomic E-state index is 14.2. The Morgan fingerprint density at radius 1 is 0.912 bits per heavy atom. The number of rotatable bonds is 11. The van der Waals surface area contributed by atoms with Crippen LogP contribution < -0.4 is 4.74 Å². The highest BCUT2D eigenvalue weighted by molar-refractivity contribution is 5.81. The fraction of sp³-hybridized carbons (Fsp3) is 0.708. The molecule has 0 aliphatic heterocycles. The third kappa shape index (κ3) is 7.07. The standard InChI is InChI=1S/C24H30F8O2/c1-2-3-4-5-6-16-7-9-17(10-8-16)11-12-18-13-14-20(19(25)15-18)34-21(33)22(26,27)23(28,29)24(30,31)32/h13-17H,2-12H2,1H3. The number of carbonyl (C=O) groups is 1. The van der Waals surface area contributed by atoms with Gasteiger partial charge < -0.3 is 4.74 Å². The number of ether oxygens (including phenoxy) is 1. The first kappa shape index (κ1) is 28.4. The summed E-state index contributed by atoms with van der Waals surface area (Å²) in [5, 5.41) is 0. The normalized spacial score (nSPS) is 19.8. The minimum Gasteiger partial charge on any atom is -0.419 e. The topological polar surface area (TPSA) is 26.3 Å². The molecule has 0 heterocycles. The smallest absolute Gasteiger partial charge is 0.419 e. The third-order valence-electron chi connectivity index (χ3n) is 6.48. The maximum Gasteiger partial charge on any atom is 0.460 e. The van der Waals surface area contributed by atoms with E-state index in [1.165, 1.54) is 38.2 Å². The monoisotopic (exact) mass is 502 g/mol. The predicted octanol–water partition coefficient (Wildman–Crippen LogP) is 8.27. The second-order valence-electron chi connectivity index (χ2n) is 9.08. The molecule has 1 aromatic carbocycles. The van der Waals surface area contributed by atoms with Gasteiger partial charge in [-0.2, -0.15) is 30.7 Å². The van der Waals surface area contributed by atoms with Crippen LogP contribution in [0.2, 0.25) is 0 Å². The molecule has 1 aliphatic rings. The van der Waals surface area contributed by atoms with Crippen LogP contribution in [0.25, 0.3) is 0 Å². The van der Waals surface area contributed by atoms with E-state index in [-0.39, 0.29) is 0 Å². The molecule has 0 atom stereocenters. The molecule has 1 aliphatic carbocycles. The van der Waals surface area contributed by atoms with Crippen LogP contribution in [-0.4, -0.2) is 24.0 Å². The molecule has 1 aromatic rings. The van der Waals surface area contributed by atoms with Crippen LogP contribution in [0, 0.1) is 17.7 Å². The van der Waals surface area contributed by atoms with E-state index in [1.807, 2.05) is 0 Å². The fourth-order valence-corrected chi connectivity index (χ4v) is 4.29. The zero-order valence-corrected chi connectivity index (χ0v) is 19.0. The van der Waals surface area contributed by atoms with Gasteiger partial charge in [0, 0.05) is 0 Å². The highest BCUT2D eigenvalue weighted by Crippen LogP contribution is 2.47. The number of halogens is 8. The van der Waals surface area contributed by atoms with Crippen molar-refractivity contribution in [2.75, 3.05) is 0 Å². The molecule has 2 nitrogen and oxygen atoms in total. The van der Waals surface area contributed by atoms with Crippen molar-refractivity contribution in [2.45, 2.75) is 95.6 Å². The number of hydrogen-bond acceptors (Lipinski definition) is 2. The van der Waals surface area contributed by atoms with E-state index in [0.717, 1.165) is 50.2 Å². The summed E-state index contributed by atoms with van der Waals surface area (Å²) in [5.41, 5.74) is 0.478. The highest BCUT2D eigenvalue weighted by Gasteiger charge is 2.77. The lowest BCUT2D eigenvalue weighted by molar-refractivity contribution is -0.346. The van der Waals surface area contributed by atoms with Gasteiger partial charge in [-0.25, -0.2) is 9.18 Å². The number of carbonyl (C=O) groups excluding carboxylic acids is 1. The number of alkyl halides is 7. The van der Waals surface area contributed by atoms with Crippen molar-refractivity contribution < 1.29 is 44.7 Å². The largest absolute Gasteiger partial charge is 0.460 e. The van der Waals surface area contributed by atoms with Gasteiger partial charge in [0.1, 0.15) is 0 Å². The molecule has 0 aromatic heterocycles. The molecular weight excluding hydrogens is 472 g/mol. The number of benzene rings is 1. The molecule has 0 bridgehead atoms. The van der Waals surface area contributed by atoms with Gasteiger partial charge in [-0.1, -0.05) is 70.8 Å². The van der Waals surface area contributed by atoms with E-state index < -0.39 is 35.6 Å². The third-order valence-corrected chi connectivity index (χ3v) is 6.48. The summed E-state index contributed by atoms with van der Waals surface area (Å²) in [7, 11) is 0. The summed E-state index contributed by atoms with van der Waals surface area (Å²) in [5.74, 6) is -17.3. The summed E-state index contributed by atoms with van der Waals surface area (Å²) >= 11 is 0. The second-order valence-corrected chi connectivity index (χ2v) is 9.08. The Morgan fingerprint density at radius 2 is 1.50 bits per heavy atom. The minimum atomic E-state index is -6.69. The van der Waals surface area contributed by atoms with Gasteiger partial charge >= 0.3 is 24.0 Å². The second kappa shape index (κ2) is 11.7. The number of aryl methyl sites for hydroxylation is 1. The summed E-state index contributed by atoms with van der Waals surface area (Å²) < 4.78 is 107. The first-order chi connectivity index (χ1) is 15.8. The van der Waals surface area contributed by atoms with Gasteiger partial charge in [-0.15, -0.1) is 0 Å². The van der Waals surface area contributed by atoms with E-state index >= 15 is 0 Å². The molecule has 0 unspecified atom stereocenters. The van der Waals surface area contributed by atoms with Crippen LogP contribution in [0.3, 0.4) is 0 Å². The van der Waals surface area contributed by atoms with Crippen molar-refractivity contribution in [1.29, 1.82) is 0 Å². The van der Waals surface area contributed by atoms with E-state index in [0.29, 0.717) is 17.9 Å². The number of unbranched alkanes of at least 4 members (excludes halogenated alkanes) is 3. The first-order valence-corrected chi connectivity index (χ1v) is 11.6. The van der Waals surface area contributed by atoms with Gasteiger partial charge in [0.05, 0.1) is 0 Å². The highest BCUT2D eigenvalue weighted by atomic mass is 19.4. The Kier molecular flexibility index (Phi) is 9.77. The van der Waals surface area contributed by atoms with Crippen molar-refractivity contribution >= 4 is 5.97 Å². The average molecular weight is 502 g/mol. The zero-order chi connectivity index (χ0) is 25.6. The zero-order valence-electron chi connectivity index (χ0n) is 19.0. The van der Waals surface area contributed by atoms with Crippen LogP contribution >= 0.6 is 0 Å². The lowest BCUT2D eigenvalue weighted by Crippen LogP contribution is -2.57. The van der Waals surface area contributed by atoms with Crippen LogP contribution in [-0.2, 0) is 11.2 Å². The SMILES string of the molecule is CCCCCCC1CCC(CCc2ccc(OC(=O)C(F)(F)C(F)(F)C(F)(F)F)c(F)c2)CC1. The Labute approximate surface area is 194 Å².